The molecule has 1 fully saturated rings. The fourth-order valence-electron chi connectivity index (χ4n) is 3.53. The van der Waals surface area contributed by atoms with Gasteiger partial charge in [-0.1, -0.05) is 37.3 Å². The van der Waals surface area contributed by atoms with E-state index in [0.717, 1.165) is 42.9 Å². The molecule has 156 valence electrons. The van der Waals surface area contributed by atoms with E-state index >= 15 is 0 Å². The molecule has 2 heterocycles. The minimum atomic E-state index is -0.936. The maximum atomic E-state index is 12.9. The lowest BCUT2D eigenvalue weighted by molar-refractivity contribution is -0.148. The van der Waals surface area contributed by atoms with Crippen molar-refractivity contribution < 1.29 is 19.4 Å². The molecule has 3 rings (SSSR count). The highest BCUT2D eigenvalue weighted by atomic mass is 32.1. The number of ether oxygens (including phenoxy) is 1. The number of hydrogen-bond acceptors (Lipinski definition) is 6. The number of piperidine rings is 1. The highest BCUT2D eigenvalue weighted by molar-refractivity contribution is 7.13. The van der Waals surface area contributed by atoms with Crippen LogP contribution in [0.1, 0.15) is 45.9 Å². The number of carboxylic acid groups (broad SMARTS) is 1. The van der Waals surface area contributed by atoms with Crippen LogP contribution in [0.25, 0.3) is 0 Å². The van der Waals surface area contributed by atoms with Crippen LogP contribution in [0.5, 0.6) is 0 Å². The van der Waals surface area contributed by atoms with Crippen LogP contribution in [0.2, 0.25) is 0 Å². The molecule has 1 aliphatic rings. The van der Waals surface area contributed by atoms with Gasteiger partial charge in [0.1, 0.15) is 10.9 Å². The van der Waals surface area contributed by atoms with Crippen LogP contribution >= 0.6 is 11.3 Å². The van der Waals surface area contributed by atoms with E-state index in [1.165, 1.54) is 11.3 Å². The molecular weight excluding hydrogens is 388 g/mol. The molecule has 0 amide bonds. The predicted octanol–water partition coefficient (Wildman–Crippen LogP) is 3.55. The second kappa shape index (κ2) is 10.5. The van der Waals surface area contributed by atoms with Crippen molar-refractivity contribution in [2.45, 2.75) is 32.4 Å². The van der Waals surface area contributed by atoms with Crippen molar-refractivity contribution in [3.8, 4) is 0 Å². The number of nitrogens with one attached hydrogen (secondary N) is 1. The summed E-state index contributed by atoms with van der Waals surface area (Å²) < 4.78 is 5.69. The van der Waals surface area contributed by atoms with E-state index in [1.807, 2.05) is 30.3 Å². The quantitative estimate of drug-likeness (QED) is 0.609. The monoisotopic (exact) mass is 416 g/mol. The van der Waals surface area contributed by atoms with Gasteiger partial charge in [0.2, 0.25) is 0 Å². The van der Waals surface area contributed by atoms with Crippen molar-refractivity contribution in [3.63, 3.8) is 0 Å². The van der Waals surface area contributed by atoms with Crippen LogP contribution in [0, 0.1) is 5.92 Å². The summed E-state index contributed by atoms with van der Waals surface area (Å²) in [6, 6.07) is 12.3. The molecule has 0 saturated carbocycles. The number of thiophene rings is 1. The van der Waals surface area contributed by atoms with Gasteiger partial charge in [0.25, 0.3) is 0 Å². The van der Waals surface area contributed by atoms with Crippen LogP contribution in [-0.2, 0) is 16.1 Å². The van der Waals surface area contributed by atoms with Crippen molar-refractivity contribution in [1.82, 2.24) is 10.2 Å². The maximum absolute atomic E-state index is 12.9. The minimum absolute atomic E-state index is 0.288. The molecule has 0 radical (unpaired) electrons. The van der Waals surface area contributed by atoms with Crippen LogP contribution in [-0.4, -0.2) is 48.2 Å². The lowest BCUT2D eigenvalue weighted by Gasteiger charge is -2.31. The van der Waals surface area contributed by atoms with Gasteiger partial charge in [-0.05, 0) is 56.1 Å². The van der Waals surface area contributed by atoms with E-state index in [9.17, 15) is 9.59 Å². The molecule has 1 aromatic heterocycles. The third-order valence-electron chi connectivity index (χ3n) is 5.34. The number of carbonyl (C=O) groups excluding carboxylic acids is 1. The Balaban J connectivity index is 1.59. The summed E-state index contributed by atoms with van der Waals surface area (Å²) in [7, 11) is 0. The molecule has 2 aromatic rings. The first-order valence-corrected chi connectivity index (χ1v) is 10.9. The molecule has 0 spiro atoms. The zero-order chi connectivity index (χ0) is 20.6. The van der Waals surface area contributed by atoms with Crippen molar-refractivity contribution in [3.05, 3.63) is 57.8 Å². The van der Waals surface area contributed by atoms with E-state index in [1.54, 1.807) is 12.1 Å². The Bertz CT molecular complexity index is 800. The second-order valence-corrected chi connectivity index (χ2v) is 8.47. The number of likely N-dealkylation sites (tertiary alicyclic amines) is 1. The van der Waals surface area contributed by atoms with Gasteiger partial charge in [-0.25, -0.2) is 9.59 Å². The summed E-state index contributed by atoms with van der Waals surface area (Å²) in [5.41, 5.74) is 0.841. The number of aromatic carboxylic acids is 1. The summed E-state index contributed by atoms with van der Waals surface area (Å²) in [4.78, 5) is 27.5. The Kier molecular flexibility index (Phi) is 7.80. The Hall–Kier alpha value is -2.22. The highest BCUT2D eigenvalue weighted by Crippen LogP contribution is 2.22. The largest absolute Gasteiger partial charge is 0.477 e. The average molecular weight is 417 g/mol. The summed E-state index contributed by atoms with van der Waals surface area (Å²) in [6.45, 7) is 6.21. The molecule has 0 aliphatic carbocycles. The maximum Gasteiger partial charge on any atom is 0.345 e. The van der Waals surface area contributed by atoms with Crippen LogP contribution in [0.15, 0.2) is 42.5 Å². The van der Waals surface area contributed by atoms with Gasteiger partial charge < -0.3 is 14.7 Å². The Morgan fingerprint density at radius 2 is 1.93 bits per heavy atom. The van der Waals surface area contributed by atoms with E-state index in [2.05, 4.69) is 17.1 Å². The van der Waals surface area contributed by atoms with Gasteiger partial charge in [0.15, 0.2) is 0 Å². The van der Waals surface area contributed by atoms with Gasteiger partial charge >= 0.3 is 11.9 Å². The molecule has 7 heteroatoms. The van der Waals surface area contributed by atoms with Gasteiger partial charge in [-0.3, -0.25) is 5.32 Å². The van der Waals surface area contributed by atoms with E-state index in [4.69, 9.17) is 9.84 Å². The summed E-state index contributed by atoms with van der Waals surface area (Å²) in [6.07, 6.45) is 2.11. The molecular formula is C22H28N2O4S. The van der Waals surface area contributed by atoms with Crippen molar-refractivity contribution in [2.75, 3.05) is 26.2 Å². The third-order valence-corrected chi connectivity index (χ3v) is 6.41. The van der Waals surface area contributed by atoms with Crippen molar-refractivity contribution in [2.24, 2.45) is 5.92 Å². The summed E-state index contributed by atoms with van der Waals surface area (Å²) in [5, 5.41) is 12.3. The molecule has 1 unspecified atom stereocenters. The van der Waals surface area contributed by atoms with Crippen molar-refractivity contribution >= 4 is 23.3 Å². The zero-order valence-electron chi connectivity index (χ0n) is 16.7. The van der Waals surface area contributed by atoms with Crippen LogP contribution in [0.4, 0.5) is 0 Å². The number of benzene rings is 1. The summed E-state index contributed by atoms with van der Waals surface area (Å²) in [5.74, 6) is -0.813. The zero-order valence-corrected chi connectivity index (χ0v) is 17.5. The molecule has 1 aromatic carbocycles. The van der Waals surface area contributed by atoms with Crippen LogP contribution < -0.4 is 5.32 Å². The SMILES string of the molecule is CCN1CCC(COC(=O)C(NCc2ccc(C(=O)O)s2)c2ccccc2)CC1. The first kappa shape index (κ1) is 21.5. The average Bonchev–Trinajstić information content (AvgIpc) is 3.23. The number of nitrogens with zero attached hydrogens (tertiary/aromatic N) is 1. The van der Waals surface area contributed by atoms with E-state index in [0.29, 0.717) is 23.9 Å². The molecule has 29 heavy (non-hydrogen) atoms. The Morgan fingerprint density at radius 1 is 1.21 bits per heavy atom. The lowest BCUT2D eigenvalue weighted by Crippen LogP contribution is -2.36. The van der Waals surface area contributed by atoms with Crippen LogP contribution in [0.3, 0.4) is 0 Å². The molecule has 2 N–H and O–H groups in total. The van der Waals surface area contributed by atoms with Gasteiger partial charge in [0, 0.05) is 11.4 Å². The fourth-order valence-corrected chi connectivity index (χ4v) is 4.32. The molecule has 1 aliphatic heterocycles. The Labute approximate surface area is 175 Å². The van der Waals surface area contributed by atoms with E-state index in [-0.39, 0.29) is 5.97 Å². The minimum Gasteiger partial charge on any atom is -0.477 e. The third kappa shape index (κ3) is 6.13. The molecule has 0 bridgehead atoms. The van der Waals surface area contributed by atoms with Gasteiger partial charge in [0.05, 0.1) is 6.61 Å². The number of esters is 1. The number of carbonyl (C=O) groups is 2. The Morgan fingerprint density at radius 3 is 2.55 bits per heavy atom. The topological polar surface area (TPSA) is 78.9 Å². The first-order chi connectivity index (χ1) is 14.1. The van der Waals surface area contributed by atoms with Gasteiger partial charge in [-0.15, -0.1) is 11.3 Å². The predicted molar refractivity (Wildman–Crippen MR) is 113 cm³/mol. The van der Waals surface area contributed by atoms with Gasteiger partial charge in [-0.2, -0.15) is 0 Å². The number of hydrogen-bond donors (Lipinski definition) is 2. The fraction of sp³-hybridized carbons (Fsp3) is 0.455. The number of rotatable bonds is 9. The first-order valence-electron chi connectivity index (χ1n) is 10.1. The standard InChI is InChI=1S/C22H28N2O4S/c1-2-24-12-10-16(11-13-24)15-28-22(27)20(17-6-4-3-5-7-17)23-14-18-8-9-19(29-18)21(25)26/h3-9,16,20,23H,2,10-15H2,1H3,(H,25,26). The second-order valence-electron chi connectivity index (χ2n) is 7.30. The number of carboxylic acids is 1. The molecule has 1 atom stereocenters. The smallest absolute Gasteiger partial charge is 0.345 e. The highest BCUT2D eigenvalue weighted by Gasteiger charge is 2.25. The normalized spacial score (nSPS) is 16.4. The summed E-state index contributed by atoms with van der Waals surface area (Å²) >= 11 is 1.21. The lowest BCUT2D eigenvalue weighted by atomic mass is 9.98. The molecule has 1 saturated heterocycles. The molecule has 6 nitrogen and oxygen atoms in total. The van der Waals surface area contributed by atoms with Crippen molar-refractivity contribution in [1.29, 1.82) is 0 Å². The van der Waals surface area contributed by atoms with E-state index < -0.39 is 12.0 Å².